The van der Waals surface area contributed by atoms with Crippen molar-refractivity contribution in [1.29, 1.82) is 0 Å². The zero-order valence-electron chi connectivity index (χ0n) is 15.4. The number of H-pyrrole nitrogens is 1. The summed E-state index contributed by atoms with van der Waals surface area (Å²) in [7, 11) is 0. The van der Waals surface area contributed by atoms with Crippen molar-refractivity contribution in [2.45, 2.75) is 19.9 Å². The molecule has 3 N–H and O–H groups in total. The van der Waals surface area contributed by atoms with Gasteiger partial charge in [-0.05, 0) is 43.2 Å². The second-order valence-electron chi connectivity index (χ2n) is 6.79. The fourth-order valence-corrected chi connectivity index (χ4v) is 3.43. The first-order valence-corrected chi connectivity index (χ1v) is 9.00. The minimum Gasteiger partial charge on any atom is -0.505 e. The SMILES string of the molecule is Cc1cc[nH+]c(N[C@@H](c2ccccc2C)c2ccc3cccnc3c2O)c1. The van der Waals surface area contributed by atoms with Crippen LogP contribution in [0.5, 0.6) is 5.75 Å². The number of fused-ring (bicyclic) bond motifs is 1. The monoisotopic (exact) mass is 356 g/mol. The molecule has 4 nitrogen and oxygen atoms in total. The molecule has 4 heteroatoms. The molecule has 4 aromatic rings. The van der Waals surface area contributed by atoms with Gasteiger partial charge in [0.15, 0.2) is 0 Å². The topological polar surface area (TPSA) is 59.3 Å². The van der Waals surface area contributed by atoms with Gasteiger partial charge in [-0.2, -0.15) is 0 Å². The van der Waals surface area contributed by atoms with Crippen LogP contribution in [0, 0.1) is 13.8 Å². The van der Waals surface area contributed by atoms with E-state index in [4.69, 9.17) is 0 Å². The summed E-state index contributed by atoms with van der Waals surface area (Å²) in [6, 6.07) is 19.9. The van der Waals surface area contributed by atoms with Gasteiger partial charge in [-0.3, -0.25) is 10.3 Å². The maximum absolute atomic E-state index is 11.0. The van der Waals surface area contributed by atoms with Crippen LogP contribution >= 0.6 is 0 Å². The van der Waals surface area contributed by atoms with Crippen LogP contribution in [0.15, 0.2) is 73.1 Å². The molecule has 0 bridgehead atoms. The lowest BCUT2D eigenvalue weighted by molar-refractivity contribution is -0.361. The third kappa shape index (κ3) is 3.34. The molecular weight excluding hydrogens is 334 g/mol. The van der Waals surface area contributed by atoms with Gasteiger partial charge >= 0.3 is 0 Å². The Labute approximate surface area is 158 Å². The lowest BCUT2D eigenvalue weighted by Gasteiger charge is -2.19. The molecule has 0 spiro atoms. The summed E-state index contributed by atoms with van der Waals surface area (Å²) in [4.78, 5) is 7.62. The quantitative estimate of drug-likeness (QED) is 0.563. The van der Waals surface area contributed by atoms with Crippen molar-refractivity contribution in [3.05, 3.63) is 95.3 Å². The number of nitrogens with zero attached hydrogens (tertiary/aromatic N) is 1. The Hall–Kier alpha value is -3.40. The number of phenolic OH excluding ortho intramolecular Hbond substituents is 1. The zero-order chi connectivity index (χ0) is 18.8. The van der Waals surface area contributed by atoms with E-state index < -0.39 is 0 Å². The number of anilines is 1. The van der Waals surface area contributed by atoms with Crippen molar-refractivity contribution in [2.75, 3.05) is 5.32 Å². The van der Waals surface area contributed by atoms with Gasteiger partial charge in [0.1, 0.15) is 17.3 Å². The molecular formula is C23H22N3O+. The first-order valence-electron chi connectivity index (χ1n) is 9.00. The molecule has 1 atom stereocenters. The number of pyridine rings is 2. The first kappa shape index (κ1) is 17.0. The molecule has 0 unspecified atom stereocenters. The molecule has 0 aliphatic heterocycles. The number of aryl methyl sites for hydroxylation is 2. The van der Waals surface area contributed by atoms with Crippen LogP contribution in [0.4, 0.5) is 5.82 Å². The predicted molar refractivity (Wildman–Crippen MR) is 108 cm³/mol. The van der Waals surface area contributed by atoms with E-state index in [1.807, 2.05) is 48.7 Å². The van der Waals surface area contributed by atoms with Crippen LogP contribution < -0.4 is 10.3 Å². The highest BCUT2D eigenvalue weighted by Gasteiger charge is 2.25. The van der Waals surface area contributed by atoms with E-state index in [2.05, 4.69) is 47.3 Å². The summed E-state index contributed by atoms with van der Waals surface area (Å²) in [5.74, 6) is 1.10. The summed E-state index contributed by atoms with van der Waals surface area (Å²) in [6.07, 6.45) is 3.62. The minimum absolute atomic E-state index is 0.210. The van der Waals surface area contributed by atoms with Crippen LogP contribution in [0.2, 0.25) is 0 Å². The van der Waals surface area contributed by atoms with Gasteiger partial charge in [-0.25, -0.2) is 4.98 Å². The highest BCUT2D eigenvalue weighted by molar-refractivity contribution is 5.86. The standard InChI is InChI=1S/C23H21N3O/c1-15-11-13-24-20(14-15)26-22(18-8-4-3-6-16(18)2)19-10-9-17-7-5-12-25-21(17)23(19)27/h3-14,22,27H,1-2H3,(H,24,26)/p+1/t22-/m0/s1. The van der Waals surface area contributed by atoms with Gasteiger partial charge in [0, 0.05) is 28.8 Å². The van der Waals surface area contributed by atoms with Gasteiger partial charge in [0.2, 0.25) is 0 Å². The van der Waals surface area contributed by atoms with Crippen molar-refractivity contribution < 1.29 is 10.1 Å². The van der Waals surface area contributed by atoms with Crippen LogP contribution in [0.3, 0.4) is 0 Å². The van der Waals surface area contributed by atoms with Gasteiger partial charge < -0.3 is 5.11 Å². The average molecular weight is 356 g/mol. The summed E-state index contributed by atoms with van der Waals surface area (Å²) in [5, 5.41) is 15.5. The van der Waals surface area contributed by atoms with E-state index in [1.54, 1.807) is 6.20 Å². The number of benzene rings is 2. The molecule has 0 saturated heterocycles. The van der Waals surface area contributed by atoms with E-state index in [0.29, 0.717) is 5.52 Å². The second-order valence-corrected chi connectivity index (χ2v) is 6.79. The average Bonchev–Trinajstić information content (AvgIpc) is 2.68. The summed E-state index contributed by atoms with van der Waals surface area (Å²) >= 11 is 0. The minimum atomic E-state index is -0.212. The lowest BCUT2D eigenvalue weighted by Crippen LogP contribution is -2.20. The number of aromatic nitrogens is 2. The number of hydrogen-bond donors (Lipinski definition) is 2. The summed E-state index contributed by atoms with van der Waals surface area (Å²) < 4.78 is 0. The maximum atomic E-state index is 11.0. The first-order chi connectivity index (χ1) is 13.1. The Morgan fingerprint density at radius 1 is 0.963 bits per heavy atom. The number of hydrogen-bond acceptors (Lipinski definition) is 3. The van der Waals surface area contributed by atoms with E-state index in [1.165, 1.54) is 0 Å². The van der Waals surface area contributed by atoms with Gasteiger partial charge in [-0.15, -0.1) is 0 Å². The lowest BCUT2D eigenvalue weighted by atomic mass is 9.93. The molecule has 0 aliphatic carbocycles. The Morgan fingerprint density at radius 2 is 1.81 bits per heavy atom. The summed E-state index contributed by atoms with van der Waals surface area (Å²) in [6.45, 7) is 4.14. The Bertz CT molecular complexity index is 1110. The largest absolute Gasteiger partial charge is 0.505 e. The van der Waals surface area contributed by atoms with Crippen LogP contribution in [-0.2, 0) is 0 Å². The highest BCUT2D eigenvalue weighted by atomic mass is 16.3. The Morgan fingerprint density at radius 3 is 2.63 bits per heavy atom. The number of phenols is 1. The second kappa shape index (κ2) is 7.08. The Kier molecular flexibility index (Phi) is 4.47. The van der Waals surface area contributed by atoms with Crippen LogP contribution in [0.25, 0.3) is 10.9 Å². The van der Waals surface area contributed by atoms with Crippen molar-refractivity contribution in [3.63, 3.8) is 0 Å². The van der Waals surface area contributed by atoms with E-state index in [9.17, 15) is 5.11 Å². The van der Waals surface area contributed by atoms with E-state index in [0.717, 1.165) is 33.5 Å². The molecule has 2 heterocycles. The fraction of sp³-hybridized carbons (Fsp3) is 0.130. The van der Waals surface area contributed by atoms with Crippen LogP contribution in [-0.4, -0.2) is 10.1 Å². The van der Waals surface area contributed by atoms with Crippen molar-refractivity contribution in [2.24, 2.45) is 0 Å². The van der Waals surface area contributed by atoms with Crippen LogP contribution in [0.1, 0.15) is 28.3 Å². The van der Waals surface area contributed by atoms with Crippen molar-refractivity contribution in [1.82, 2.24) is 4.98 Å². The van der Waals surface area contributed by atoms with Crippen molar-refractivity contribution in [3.8, 4) is 5.75 Å². The van der Waals surface area contributed by atoms with Gasteiger partial charge in [0.25, 0.3) is 5.82 Å². The van der Waals surface area contributed by atoms with Crippen molar-refractivity contribution >= 4 is 16.7 Å². The third-order valence-electron chi connectivity index (χ3n) is 4.85. The number of aromatic hydroxyl groups is 1. The fourth-order valence-electron chi connectivity index (χ4n) is 3.43. The molecule has 0 fully saturated rings. The number of aromatic amines is 1. The smallest absolute Gasteiger partial charge is 0.273 e. The third-order valence-corrected chi connectivity index (χ3v) is 4.85. The molecule has 2 aromatic heterocycles. The van der Waals surface area contributed by atoms with Gasteiger partial charge in [0.05, 0.1) is 6.20 Å². The highest BCUT2D eigenvalue weighted by Crippen LogP contribution is 2.36. The van der Waals surface area contributed by atoms with E-state index >= 15 is 0 Å². The molecule has 0 amide bonds. The molecule has 2 aromatic carbocycles. The molecule has 0 radical (unpaired) electrons. The molecule has 0 aliphatic rings. The van der Waals surface area contributed by atoms with E-state index in [-0.39, 0.29) is 11.8 Å². The molecule has 27 heavy (non-hydrogen) atoms. The zero-order valence-corrected chi connectivity index (χ0v) is 15.4. The number of rotatable bonds is 4. The Balaban J connectivity index is 1.88. The molecule has 134 valence electrons. The predicted octanol–water partition coefficient (Wildman–Crippen LogP) is 4.57. The summed E-state index contributed by atoms with van der Waals surface area (Å²) in [5.41, 5.74) is 4.83. The van der Waals surface area contributed by atoms with Gasteiger partial charge in [-0.1, -0.05) is 36.4 Å². The normalized spacial score (nSPS) is 12.1. The maximum Gasteiger partial charge on any atom is 0.273 e. The number of nitrogens with one attached hydrogen (secondary N) is 2. The molecule has 0 saturated carbocycles. The molecule has 4 rings (SSSR count).